The Labute approximate surface area is 232 Å². The number of alkyl halides is 3. The monoisotopic (exact) mass is 566 g/mol. The number of benzene rings is 3. The molecule has 1 aromatic heterocycles. The van der Waals surface area contributed by atoms with Crippen LogP contribution in [0.15, 0.2) is 78.0 Å². The molecule has 1 saturated heterocycles. The molecule has 0 bridgehead atoms. The molecule has 1 N–H and O–H groups in total. The van der Waals surface area contributed by atoms with Crippen molar-refractivity contribution in [1.82, 2.24) is 14.8 Å². The molecule has 4 aromatic rings. The molecule has 206 valence electrons. The van der Waals surface area contributed by atoms with Gasteiger partial charge in [0.25, 0.3) is 0 Å². The van der Waals surface area contributed by atoms with Crippen molar-refractivity contribution in [2.24, 2.45) is 4.99 Å². The number of nitrogens with one attached hydrogen (secondary N) is 1. The first-order chi connectivity index (χ1) is 19.2. The summed E-state index contributed by atoms with van der Waals surface area (Å²) >= 11 is 1.56. The van der Waals surface area contributed by atoms with Crippen LogP contribution >= 0.6 is 11.8 Å². The van der Waals surface area contributed by atoms with Crippen LogP contribution in [-0.4, -0.2) is 44.6 Å². The van der Waals surface area contributed by atoms with Crippen molar-refractivity contribution in [1.29, 1.82) is 0 Å². The fourth-order valence-corrected chi connectivity index (χ4v) is 5.29. The highest BCUT2D eigenvalue weighted by Crippen LogP contribution is 2.31. The number of thioether (sulfide) groups is 1. The molecule has 0 aliphatic carbocycles. The normalized spacial score (nSPS) is 14.8. The van der Waals surface area contributed by atoms with Crippen molar-refractivity contribution in [3.05, 3.63) is 84.2 Å². The van der Waals surface area contributed by atoms with Crippen molar-refractivity contribution in [2.45, 2.75) is 26.6 Å². The van der Waals surface area contributed by atoms with E-state index >= 15 is 0 Å². The summed E-state index contributed by atoms with van der Waals surface area (Å²) in [6, 6.07) is 18.0. The molecule has 5 rings (SSSR count). The number of nitrogens with zero attached hydrogens (tertiary/aromatic N) is 5. The summed E-state index contributed by atoms with van der Waals surface area (Å²) in [4.78, 5) is 23.6. The molecule has 0 spiro atoms. The molecule has 0 atom stereocenters. The van der Waals surface area contributed by atoms with Crippen molar-refractivity contribution >= 4 is 34.3 Å². The third-order valence-corrected chi connectivity index (χ3v) is 7.18. The number of urea groups is 1. The van der Waals surface area contributed by atoms with Gasteiger partial charge in [0.1, 0.15) is 12.1 Å². The Morgan fingerprint density at radius 1 is 1.02 bits per heavy atom. The largest absolute Gasteiger partial charge is 0.573 e. The topological polar surface area (TPSA) is 84.6 Å². The van der Waals surface area contributed by atoms with Gasteiger partial charge in [-0.25, -0.2) is 14.5 Å². The van der Waals surface area contributed by atoms with Gasteiger partial charge in [-0.05, 0) is 79.9 Å². The lowest BCUT2D eigenvalue weighted by Gasteiger charge is -2.31. The summed E-state index contributed by atoms with van der Waals surface area (Å²) in [7, 11) is 0. The number of aryl methyl sites for hydroxylation is 2. The van der Waals surface area contributed by atoms with E-state index in [-0.39, 0.29) is 5.75 Å². The summed E-state index contributed by atoms with van der Waals surface area (Å²) in [6.07, 6.45) is -2.29. The number of amides is 2. The SMILES string of the molecule is Cc1cccc(C)c1N1CCCS/C1=N/C(=O)Nc1ccc(-c2ncn(-c3ccc(OC(F)(F)F)cc3)n2)cc1. The summed E-state index contributed by atoms with van der Waals surface area (Å²) in [6.45, 7) is 4.91. The minimum atomic E-state index is -4.75. The molecule has 1 fully saturated rings. The summed E-state index contributed by atoms with van der Waals surface area (Å²) < 4.78 is 42.5. The predicted molar refractivity (Wildman–Crippen MR) is 150 cm³/mol. The second-order valence-electron chi connectivity index (χ2n) is 9.05. The number of carbonyl (C=O) groups is 1. The molecule has 0 saturated carbocycles. The van der Waals surface area contributed by atoms with Gasteiger partial charge in [0.05, 0.1) is 5.69 Å². The van der Waals surface area contributed by atoms with Crippen LogP contribution < -0.4 is 15.0 Å². The maximum Gasteiger partial charge on any atom is 0.573 e. The molecule has 2 heterocycles. The highest BCUT2D eigenvalue weighted by Gasteiger charge is 2.31. The Balaban J connectivity index is 1.26. The third kappa shape index (κ3) is 6.45. The first-order valence-electron chi connectivity index (χ1n) is 12.4. The smallest absolute Gasteiger partial charge is 0.406 e. The quantitative estimate of drug-likeness (QED) is 0.281. The fraction of sp³-hybridized carbons (Fsp3) is 0.214. The zero-order valence-corrected chi connectivity index (χ0v) is 22.5. The van der Waals surface area contributed by atoms with E-state index < -0.39 is 12.4 Å². The molecule has 1 aliphatic heterocycles. The Morgan fingerprint density at radius 2 is 1.73 bits per heavy atom. The Kier molecular flexibility index (Phi) is 7.78. The number of ether oxygens (including phenoxy) is 1. The van der Waals surface area contributed by atoms with Crippen LogP contribution in [0.5, 0.6) is 5.75 Å². The molecule has 2 amide bonds. The van der Waals surface area contributed by atoms with Crippen molar-refractivity contribution < 1.29 is 22.7 Å². The van der Waals surface area contributed by atoms with Crippen molar-refractivity contribution in [2.75, 3.05) is 22.5 Å². The number of aliphatic imine (C=N–C) groups is 1. The fourth-order valence-electron chi connectivity index (χ4n) is 4.35. The molecule has 12 heteroatoms. The molecule has 0 unspecified atom stereocenters. The van der Waals surface area contributed by atoms with Gasteiger partial charge in [-0.15, -0.1) is 18.3 Å². The van der Waals surface area contributed by atoms with Gasteiger partial charge in [-0.2, -0.15) is 4.99 Å². The second-order valence-corrected chi connectivity index (χ2v) is 10.1. The zero-order valence-electron chi connectivity index (χ0n) is 21.6. The first kappa shape index (κ1) is 27.3. The number of halogens is 3. The number of para-hydroxylation sites is 1. The van der Waals surface area contributed by atoms with Gasteiger partial charge < -0.3 is 15.0 Å². The number of rotatable bonds is 5. The van der Waals surface area contributed by atoms with E-state index in [0.29, 0.717) is 27.9 Å². The molecule has 8 nitrogen and oxygen atoms in total. The van der Waals surface area contributed by atoms with Gasteiger partial charge in [0.2, 0.25) is 0 Å². The van der Waals surface area contributed by atoms with Crippen LogP contribution in [0.4, 0.5) is 29.3 Å². The van der Waals surface area contributed by atoms with E-state index in [2.05, 4.69) is 56.0 Å². The molecule has 0 radical (unpaired) electrons. The number of aromatic nitrogens is 3. The lowest BCUT2D eigenvalue weighted by molar-refractivity contribution is -0.274. The van der Waals surface area contributed by atoms with Crippen LogP contribution in [0.3, 0.4) is 0 Å². The number of anilines is 2. The average molecular weight is 567 g/mol. The maximum atomic E-state index is 12.8. The van der Waals surface area contributed by atoms with E-state index in [4.69, 9.17) is 0 Å². The molecule has 40 heavy (non-hydrogen) atoms. The lowest BCUT2D eigenvalue weighted by Crippen LogP contribution is -2.36. The Hall–Kier alpha value is -4.32. The molecule has 1 aliphatic rings. The number of hydrogen-bond acceptors (Lipinski definition) is 5. The van der Waals surface area contributed by atoms with Gasteiger partial charge >= 0.3 is 12.4 Å². The molecular weight excluding hydrogens is 541 g/mol. The van der Waals surface area contributed by atoms with Gasteiger partial charge in [-0.3, -0.25) is 0 Å². The van der Waals surface area contributed by atoms with Crippen molar-refractivity contribution in [3.63, 3.8) is 0 Å². The van der Waals surface area contributed by atoms with Gasteiger partial charge in [-0.1, -0.05) is 30.0 Å². The van der Waals surface area contributed by atoms with E-state index in [1.165, 1.54) is 35.3 Å². The standard InChI is InChI=1S/C28H25F3N6O2S/c1-18-5-3-6-19(2)24(18)36-15-4-16-40-27(36)34-26(38)33-21-9-7-20(8-10-21)25-32-17-37(35-25)22-11-13-23(14-12-22)39-28(29,30)31/h3,5-14,17H,4,15-16H2,1-2H3,(H,33,38)/b34-27+. The van der Waals surface area contributed by atoms with Crippen LogP contribution in [0.2, 0.25) is 0 Å². The number of carbonyl (C=O) groups excluding carboxylic acids is 1. The zero-order chi connectivity index (χ0) is 28.3. The van der Waals surface area contributed by atoms with E-state index in [0.717, 1.165) is 35.5 Å². The Morgan fingerprint density at radius 3 is 2.40 bits per heavy atom. The van der Waals surface area contributed by atoms with E-state index in [1.807, 2.05) is 6.07 Å². The third-order valence-electron chi connectivity index (χ3n) is 6.12. The first-order valence-corrected chi connectivity index (χ1v) is 13.4. The molecule has 3 aromatic carbocycles. The van der Waals surface area contributed by atoms with Crippen LogP contribution in [0, 0.1) is 13.8 Å². The summed E-state index contributed by atoms with van der Waals surface area (Å²) in [5.41, 5.74) is 5.14. The van der Waals surface area contributed by atoms with Crippen LogP contribution in [-0.2, 0) is 0 Å². The molecular formula is C28H25F3N6O2S. The minimum Gasteiger partial charge on any atom is -0.406 e. The van der Waals surface area contributed by atoms with Crippen LogP contribution in [0.1, 0.15) is 17.5 Å². The van der Waals surface area contributed by atoms with Crippen LogP contribution in [0.25, 0.3) is 17.1 Å². The number of amidine groups is 1. The second kappa shape index (κ2) is 11.4. The summed E-state index contributed by atoms with van der Waals surface area (Å²) in [5.74, 6) is 0.990. The summed E-state index contributed by atoms with van der Waals surface area (Å²) in [5, 5.41) is 7.89. The number of hydrogen-bond donors (Lipinski definition) is 1. The van der Waals surface area contributed by atoms with E-state index in [1.54, 1.807) is 36.0 Å². The average Bonchev–Trinajstić information content (AvgIpc) is 3.40. The Bertz CT molecular complexity index is 1510. The highest BCUT2D eigenvalue weighted by atomic mass is 32.2. The lowest BCUT2D eigenvalue weighted by atomic mass is 10.1. The highest BCUT2D eigenvalue weighted by molar-refractivity contribution is 8.14. The maximum absolute atomic E-state index is 12.8. The van der Waals surface area contributed by atoms with Gasteiger partial charge in [0.15, 0.2) is 11.0 Å². The minimum absolute atomic E-state index is 0.320. The predicted octanol–water partition coefficient (Wildman–Crippen LogP) is 6.98. The van der Waals surface area contributed by atoms with Crippen molar-refractivity contribution in [3.8, 4) is 22.8 Å². The van der Waals surface area contributed by atoms with Gasteiger partial charge in [0, 0.05) is 29.2 Å². The van der Waals surface area contributed by atoms with E-state index in [9.17, 15) is 18.0 Å².